The zero-order chi connectivity index (χ0) is 11.8. The highest BCUT2D eigenvalue weighted by Gasteiger charge is 2.06. The molecule has 0 amide bonds. The maximum absolute atomic E-state index is 4.45. The predicted molar refractivity (Wildman–Crippen MR) is 69.4 cm³/mol. The molecule has 2 heteroatoms. The Hall–Kier alpha value is -0.890. The smallest absolute Gasteiger partial charge is 0.0573 e. The highest BCUT2D eigenvalue weighted by molar-refractivity contribution is 5.19. The molecule has 0 saturated carbocycles. The molecule has 1 unspecified atom stereocenters. The van der Waals surface area contributed by atoms with Crippen molar-refractivity contribution in [2.75, 3.05) is 0 Å². The van der Waals surface area contributed by atoms with E-state index in [1.54, 1.807) is 0 Å². The van der Waals surface area contributed by atoms with Gasteiger partial charge in [0.2, 0.25) is 0 Å². The fourth-order valence-electron chi connectivity index (χ4n) is 1.99. The van der Waals surface area contributed by atoms with Crippen LogP contribution in [0.5, 0.6) is 0 Å². The fourth-order valence-corrected chi connectivity index (χ4v) is 1.99. The number of pyridine rings is 1. The van der Waals surface area contributed by atoms with Crippen LogP contribution in [-0.2, 0) is 13.0 Å². The highest BCUT2D eigenvalue weighted by atomic mass is 14.9. The van der Waals surface area contributed by atoms with Crippen molar-refractivity contribution in [3.8, 4) is 0 Å². The molecular weight excluding hydrogens is 196 g/mol. The van der Waals surface area contributed by atoms with Crippen LogP contribution in [0.15, 0.2) is 18.3 Å². The van der Waals surface area contributed by atoms with Gasteiger partial charge in [0.05, 0.1) is 5.69 Å². The summed E-state index contributed by atoms with van der Waals surface area (Å²) >= 11 is 0. The predicted octanol–water partition coefficient (Wildman–Crippen LogP) is 3.31. The van der Waals surface area contributed by atoms with Crippen LogP contribution >= 0.6 is 0 Å². The van der Waals surface area contributed by atoms with E-state index >= 15 is 0 Å². The van der Waals surface area contributed by atoms with E-state index in [2.05, 4.69) is 37.1 Å². The molecule has 0 spiro atoms. The minimum atomic E-state index is 0.636. The van der Waals surface area contributed by atoms with Gasteiger partial charge in [-0.05, 0) is 30.9 Å². The first-order valence-corrected chi connectivity index (χ1v) is 6.47. The molecule has 1 aromatic heterocycles. The van der Waals surface area contributed by atoms with Gasteiger partial charge in [-0.2, -0.15) is 0 Å². The molecule has 2 nitrogen and oxygen atoms in total. The lowest BCUT2D eigenvalue weighted by molar-refractivity contribution is 0.458. The number of aryl methyl sites for hydroxylation is 1. The van der Waals surface area contributed by atoms with Crippen molar-refractivity contribution >= 4 is 0 Å². The van der Waals surface area contributed by atoms with E-state index in [0.717, 1.165) is 13.0 Å². The van der Waals surface area contributed by atoms with Crippen molar-refractivity contribution < 1.29 is 0 Å². The monoisotopic (exact) mass is 220 g/mol. The third-order valence-electron chi connectivity index (χ3n) is 3.05. The third-order valence-corrected chi connectivity index (χ3v) is 3.05. The van der Waals surface area contributed by atoms with Crippen molar-refractivity contribution in [3.63, 3.8) is 0 Å². The van der Waals surface area contributed by atoms with Gasteiger partial charge in [0.25, 0.3) is 0 Å². The fraction of sp³-hybridized carbons (Fsp3) is 0.643. The van der Waals surface area contributed by atoms with Crippen molar-refractivity contribution in [3.05, 3.63) is 29.6 Å². The van der Waals surface area contributed by atoms with Gasteiger partial charge >= 0.3 is 0 Å². The van der Waals surface area contributed by atoms with Crippen molar-refractivity contribution in [2.24, 2.45) is 0 Å². The van der Waals surface area contributed by atoms with Crippen LogP contribution in [0.3, 0.4) is 0 Å². The van der Waals surface area contributed by atoms with E-state index in [1.807, 2.05) is 12.3 Å². The van der Waals surface area contributed by atoms with Crippen molar-refractivity contribution in [1.29, 1.82) is 0 Å². The molecule has 0 aliphatic rings. The van der Waals surface area contributed by atoms with Crippen LogP contribution in [0.2, 0.25) is 0 Å². The lowest BCUT2D eigenvalue weighted by atomic mass is 10.1. The van der Waals surface area contributed by atoms with Gasteiger partial charge in [-0.15, -0.1) is 0 Å². The van der Waals surface area contributed by atoms with Crippen molar-refractivity contribution in [1.82, 2.24) is 10.3 Å². The summed E-state index contributed by atoms with van der Waals surface area (Å²) in [6.45, 7) is 7.57. The summed E-state index contributed by atoms with van der Waals surface area (Å²) in [6.07, 6.45) is 6.65. The molecule has 0 aromatic carbocycles. The zero-order valence-electron chi connectivity index (χ0n) is 10.8. The Labute approximate surface area is 99.5 Å². The second-order valence-corrected chi connectivity index (χ2v) is 4.24. The largest absolute Gasteiger partial charge is 0.308 e. The molecule has 1 N–H and O–H groups in total. The molecule has 0 bridgehead atoms. The molecule has 0 fully saturated rings. The Morgan fingerprint density at radius 1 is 1.31 bits per heavy atom. The molecule has 0 saturated heterocycles. The molecule has 1 rings (SSSR count). The zero-order valence-corrected chi connectivity index (χ0v) is 10.8. The molecule has 1 aromatic rings. The topological polar surface area (TPSA) is 24.9 Å². The maximum Gasteiger partial charge on any atom is 0.0573 e. The van der Waals surface area contributed by atoms with E-state index in [4.69, 9.17) is 0 Å². The van der Waals surface area contributed by atoms with Crippen LogP contribution < -0.4 is 5.32 Å². The number of rotatable bonds is 7. The van der Waals surface area contributed by atoms with Crippen LogP contribution in [-0.4, -0.2) is 11.0 Å². The van der Waals surface area contributed by atoms with Crippen LogP contribution in [0, 0.1) is 0 Å². The number of hydrogen-bond donors (Lipinski definition) is 1. The molecule has 90 valence electrons. The molecule has 0 aliphatic heterocycles. The first-order valence-electron chi connectivity index (χ1n) is 6.47. The quantitative estimate of drug-likeness (QED) is 0.762. The Balaban J connectivity index is 2.52. The lowest BCUT2D eigenvalue weighted by Gasteiger charge is -2.16. The van der Waals surface area contributed by atoms with Crippen LogP contribution in [0.25, 0.3) is 0 Å². The Bertz CT molecular complexity index is 297. The summed E-state index contributed by atoms with van der Waals surface area (Å²) in [4.78, 5) is 4.45. The first kappa shape index (κ1) is 13.2. The van der Waals surface area contributed by atoms with Gasteiger partial charge in [-0.25, -0.2) is 0 Å². The summed E-state index contributed by atoms with van der Waals surface area (Å²) in [6, 6.07) is 4.83. The summed E-state index contributed by atoms with van der Waals surface area (Å²) in [5, 5.41) is 3.60. The van der Waals surface area contributed by atoms with E-state index in [0.29, 0.717) is 6.04 Å². The Morgan fingerprint density at radius 3 is 2.75 bits per heavy atom. The van der Waals surface area contributed by atoms with E-state index < -0.39 is 0 Å². The van der Waals surface area contributed by atoms with E-state index in [1.165, 1.54) is 30.5 Å². The summed E-state index contributed by atoms with van der Waals surface area (Å²) in [5.74, 6) is 0. The summed E-state index contributed by atoms with van der Waals surface area (Å²) in [5.41, 5.74) is 2.57. The second kappa shape index (κ2) is 7.39. The van der Waals surface area contributed by atoms with Gasteiger partial charge in [-0.3, -0.25) is 4.98 Å². The maximum atomic E-state index is 4.45. The SMILES string of the molecule is CCCC(CC)NCc1ncccc1CC. The summed E-state index contributed by atoms with van der Waals surface area (Å²) < 4.78 is 0. The Kier molecular flexibility index (Phi) is 6.09. The first-order chi connectivity index (χ1) is 7.81. The van der Waals surface area contributed by atoms with Gasteiger partial charge in [0.1, 0.15) is 0 Å². The number of aromatic nitrogens is 1. The molecular formula is C14H24N2. The second-order valence-electron chi connectivity index (χ2n) is 4.24. The van der Waals surface area contributed by atoms with Gasteiger partial charge in [-0.1, -0.05) is 33.3 Å². The third kappa shape index (κ3) is 3.93. The highest BCUT2D eigenvalue weighted by Crippen LogP contribution is 2.08. The van der Waals surface area contributed by atoms with Gasteiger partial charge < -0.3 is 5.32 Å². The summed E-state index contributed by atoms with van der Waals surface area (Å²) in [7, 11) is 0. The number of nitrogens with zero attached hydrogens (tertiary/aromatic N) is 1. The van der Waals surface area contributed by atoms with Gasteiger partial charge in [0, 0.05) is 18.8 Å². The number of hydrogen-bond acceptors (Lipinski definition) is 2. The average molecular weight is 220 g/mol. The lowest BCUT2D eigenvalue weighted by Crippen LogP contribution is -2.28. The van der Waals surface area contributed by atoms with Crippen LogP contribution in [0.4, 0.5) is 0 Å². The standard InChI is InChI=1S/C14H24N2/c1-4-8-13(6-3)16-11-14-12(5-2)9-7-10-15-14/h7,9-10,13,16H,4-6,8,11H2,1-3H3. The minimum absolute atomic E-state index is 0.636. The Morgan fingerprint density at radius 2 is 2.12 bits per heavy atom. The normalized spacial score (nSPS) is 12.7. The van der Waals surface area contributed by atoms with E-state index in [9.17, 15) is 0 Å². The minimum Gasteiger partial charge on any atom is -0.308 e. The molecule has 1 atom stereocenters. The molecule has 0 radical (unpaired) electrons. The van der Waals surface area contributed by atoms with E-state index in [-0.39, 0.29) is 0 Å². The number of nitrogens with one attached hydrogen (secondary N) is 1. The van der Waals surface area contributed by atoms with Crippen LogP contribution in [0.1, 0.15) is 51.3 Å². The molecule has 1 heterocycles. The van der Waals surface area contributed by atoms with Crippen molar-refractivity contribution in [2.45, 2.75) is 59.0 Å². The molecule has 0 aliphatic carbocycles. The average Bonchev–Trinajstić information content (AvgIpc) is 2.34. The molecule has 16 heavy (non-hydrogen) atoms. The van der Waals surface area contributed by atoms with Gasteiger partial charge in [0.15, 0.2) is 0 Å².